The molecule has 35 heavy (non-hydrogen) atoms. The van der Waals surface area contributed by atoms with E-state index in [1.165, 1.54) is 7.11 Å². The number of urea groups is 1. The van der Waals surface area contributed by atoms with E-state index in [4.69, 9.17) is 14.2 Å². The largest absolute Gasteiger partial charge is 0.497 e. The first-order valence-corrected chi connectivity index (χ1v) is 11.4. The van der Waals surface area contributed by atoms with Crippen molar-refractivity contribution >= 4 is 23.6 Å². The summed E-state index contributed by atoms with van der Waals surface area (Å²) in [5, 5.41) is 5.76. The van der Waals surface area contributed by atoms with Gasteiger partial charge >= 0.3 is 12.0 Å². The van der Waals surface area contributed by atoms with Crippen molar-refractivity contribution in [3.05, 3.63) is 70.9 Å². The molecule has 2 aromatic rings. The van der Waals surface area contributed by atoms with Crippen LogP contribution in [0.1, 0.15) is 42.2 Å². The van der Waals surface area contributed by atoms with Gasteiger partial charge in [-0.05, 0) is 55.3 Å². The quantitative estimate of drug-likeness (QED) is 0.394. The van der Waals surface area contributed by atoms with E-state index in [0.717, 1.165) is 6.42 Å². The summed E-state index contributed by atoms with van der Waals surface area (Å²) in [5.74, 6) is -0.111. The van der Waals surface area contributed by atoms with E-state index in [2.05, 4.69) is 10.6 Å². The average Bonchev–Trinajstić information content (AvgIpc) is 2.86. The molecule has 186 valence electrons. The predicted molar refractivity (Wildman–Crippen MR) is 131 cm³/mol. The highest BCUT2D eigenvalue weighted by atomic mass is 16.6. The Morgan fingerprint density at radius 2 is 1.71 bits per heavy atom. The van der Waals surface area contributed by atoms with Gasteiger partial charge in [-0.15, -0.1) is 0 Å². The SMILES string of the molecule is CCCN1C(=O)N[C@H](c2ccc(NC(=O)c3ccc(OC)cc3)cc2)C(C(=O)OCCOC)=C1C. The van der Waals surface area contributed by atoms with Crippen LogP contribution in [0.25, 0.3) is 0 Å². The number of esters is 1. The maximum atomic E-state index is 13.0. The Hall–Kier alpha value is -3.85. The maximum absolute atomic E-state index is 13.0. The lowest BCUT2D eigenvalue weighted by Gasteiger charge is -2.35. The number of benzene rings is 2. The van der Waals surface area contributed by atoms with Crippen molar-refractivity contribution in [1.29, 1.82) is 0 Å². The lowest BCUT2D eigenvalue weighted by atomic mass is 9.94. The van der Waals surface area contributed by atoms with Gasteiger partial charge in [0, 0.05) is 30.6 Å². The van der Waals surface area contributed by atoms with E-state index < -0.39 is 12.0 Å². The van der Waals surface area contributed by atoms with E-state index in [9.17, 15) is 14.4 Å². The second-order valence-corrected chi connectivity index (χ2v) is 7.97. The van der Waals surface area contributed by atoms with Gasteiger partial charge in [0.05, 0.1) is 25.3 Å². The summed E-state index contributed by atoms with van der Waals surface area (Å²) in [6.45, 7) is 4.57. The summed E-state index contributed by atoms with van der Waals surface area (Å²) in [6, 6.07) is 12.8. The third kappa shape index (κ3) is 6.19. The Balaban J connectivity index is 1.82. The third-order valence-corrected chi connectivity index (χ3v) is 5.64. The highest BCUT2D eigenvalue weighted by Gasteiger charge is 2.36. The van der Waals surface area contributed by atoms with Gasteiger partial charge in [-0.1, -0.05) is 19.1 Å². The fourth-order valence-corrected chi connectivity index (χ4v) is 3.79. The summed E-state index contributed by atoms with van der Waals surface area (Å²) < 4.78 is 15.5. The van der Waals surface area contributed by atoms with Crippen molar-refractivity contribution in [3.8, 4) is 5.75 Å². The van der Waals surface area contributed by atoms with Gasteiger partial charge < -0.3 is 24.8 Å². The summed E-state index contributed by atoms with van der Waals surface area (Å²) in [7, 11) is 3.09. The normalized spacial score (nSPS) is 15.5. The average molecular weight is 482 g/mol. The molecule has 3 rings (SSSR count). The fourth-order valence-electron chi connectivity index (χ4n) is 3.79. The summed E-state index contributed by atoms with van der Waals surface area (Å²) in [4.78, 5) is 39.8. The summed E-state index contributed by atoms with van der Waals surface area (Å²) in [6.07, 6.45) is 0.740. The minimum absolute atomic E-state index is 0.108. The number of hydrogen-bond donors (Lipinski definition) is 2. The molecular weight excluding hydrogens is 450 g/mol. The predicted octanol–water partition coefficient (Wildman–Crippen LogP) is 3.89. The standard InChI is InChI=1S/C26H31N3O6/c1-5-14-29-17(2)22(25(31)35-16-15-33-3)23(28-26(29)32)18-6-10-20(11-7-18)27-24(30)19-8-12-21(34-4)13-9-19/h6-13,23H,5,14-16H2,1-4H3,(H,27,30)(H,28,32)/t23-/m1/s1. The Bertz CT molecular complexity index is 1080. The Morgan fingerprint density at radius 3 is 2.31 bits per heavy atom. The highest BCUT2D eigenvalue weighted by Crippen LogP contribution is 2.32. The van der Waals surface area contributed by atoms with Crippen molar-refractivity contribution in [2.75, 3.05) is 39.3 Å². The van der Waals surface area contributed by atoms with Crippen molar-refractivity contribution in [3.63, 3.8) is 0 Å². The van der Waals surface area contributed by atoms with Crippen LogP contribution in [0.5, 0.6) is 5.75 Å². The molecule has 2 N–H and O–H groups in total. The number of nitrogens with zero attached hydrogens (tertiary/aromatic N) is 1. The molecule has 0 bridgehead atoms. The molecule has 2 aromatic carbocycles. The summed E-state index contributed by atoms with van der Waals surface area (Å²) in [5.41, 5.74) is 2.68. The van der Waals surface area contributed by atoms with Crippen LogP contribution in [0.15, 0.2) is 59.8 Å². The fraction of sp³-hybridized carbons (Fsp3) is 0.346. The molecular formula is C26H31N3O6. The van der Waals surface area contributed by atoms with Gasteiger partial charge in [-0.25, -0.2) is 9.59 Å². The van der Waals surface area contributed by atoms with E-state index in [-0.39, 0.29) is 25.2 Å². The molecule has 0 aromatic heterocycles. The molecule has 1 aliphatic rings. The minimum Gasteiger partial charge on any atom is -0.497 e. The molecule has 0 spiro atoms. The molecule has 9 heteroatoms. The van der Waals surface area contributed by atoms with Crippen LogP contribution in [0, 0.1) is 0 Å². The van der Waals surface area contributed by atoms with Crippen LogP contribution >= 0.6 is 0 Å². The van der Waals surface area contributed by atoms with Gasteiger partial charge in [0.15, 0.2) is 0 Å². The van der Waals surface area contributed by atoms with Crippen molar-refractivity contribution < 1.29 is 28.6 Å². The maximum Gasteiger partial charge on any atom is 0.338 e. The van der Waals surface area contributed by atoms with E-state index >= 15 is 0 Å². The molecule has 0 radical (unpaired) electrons. The number of carbonyl (C=O) groups is 3. The van der Waals surface area contributed by atoms with Gasteiger partial charge in [0.1, 0.15) is 12.4 Å². The number of anilines is 1. The lowest BCUT2D eigenvalue weighted by Crippen LogP contribution is -2.48. The van der Waals surface area contributed by atoms with Crippen molar-refractivity contribution in [2.24, 2.45) is 0 Å². The molecule has 0 saturated heterocycles. The van der Waals surface area contributed by atoms with Crippen LogP contribution in [0.4, 0.5) is 10.5 Å². The van der Waals surface area contributed by atoms with Crippen molar-refractivity contribution in [2.45, 2.75) is 26.3 Å². The van der Waals surface area contributed by atoms with E-state index in [1.54, 1.807) is 67.5 Å². The molecule has 3 amide bonds. The molecule has 0 saturated carbocycles. The first-order valence-electron chi connectivity index (χ1n) is 11.4. The molecule has 1 atom stereocenters. The lowest BCUT2D eigenvalue weighted by molar-refractivity contribution is -0.140. The number of rotatable bonds is 10. The second-order valence-electron chi connectivity index (χ2n) is 7.97. The number of ether oxygens (including phenoxy) is 3. The number of carbonyl (C=O) groups excluding carboxylic acids is 3. The van der Waals surface area contributed by atoms with Crippen LogP contribution in [-0.2, 0) is 14.3 Å². The van der Waals surface area contributed by atoms with Gasteiger partial charge in [-0.3, -0.25) is 9.69 Å². The van der Waals surface area contributed by atoms with Gasteiger partial charge in [-0.2, -0.15) is 0 Å². The zero-order chi connectivity index (χ0) is 25.4. The number of allylic oxidation sites excluding steroid dienone is 1. The van der Waals surface area contributed by atoms with Crippen LogP contribution < -0.4 is 15.4 Å². The Labute approximate surface area is 205 Å². The monoisotopic (exact) mass is 481 g/mol. The van der Waals surface area contributed by atoms with Crippen LogP contribution in [-0.4, -0.2) is 56.8 Å². The Kier molecular flexibility index (Phi) is 8.86. The molecule has 0 fully saturated rings. The Morgan fingerprint density at radius 1 is 1.03 bits per heavy atom. The number of hydrogen-bond acceptors (Lipinski definition) is 6. The van der Waals surface area contributed by atoms with Crippen LogP contribution in [0.3, 0.4) is 0 Å². The third-order valence-electron chi connectivity index (χ3n) is 5.64. The molecule has 0 aliphatic carbocycles. The number of amides is 3. The van der Waals surface area contributed by atoms with Crippen molar-refractivity contribution in [1.82, 2.24) is 10.2 Å². The first kappa shape index (κ1) is 25.8. The van der Waals surface area contributed by atoms with E-state index in [1.807, 2.05) is 6.92 Å². The van der Waals surface area contributed by atoms with Crippen LogP contribution in [0.2, 0.25) is 0 Å². The summed E-state index contributed by atoms with van der Waals surface area (Å²) >= 11 is 0. The second kappa shape index (κ2) is 12.0. The molecule has 1 aliphatic heterocycles. The molecule has 9 nitrogen and oxygen atoms in total. The number of methoxy groups -OCH3 is 2. The zero-order valence-corrected chi connectivity index (χ0v) is 20.4. The first-order chi connectivity index (χ1) is 16.9. The molecule has 1 heterocycles. The zero-order valence-electron chi connectivity index (χ0n) is 20.4. The van der Waals surface area contributed by atoms with Gasteiger partial charge in [0.25, 0.3) is 5.91 Å². The number of nitrogens with one attached hydrogen (secondary N) is 2. The smallest absolute Gasteiger partial charge is 0.338 e. The highest BCUT2D eigenvalue weighted by molar-refractivity contribution is 6.04. The topological polar surface area (TPSA) is 106 Å². The minimum atomic E-state index is -0.683. The van der Waals surface area contributed by atoms with Gasteiger partial charge in [0.2, 0.25) is 0 Å². The molecule has 0 unspecified atom stereocenters. The van der Waals surface area contributed by atoms with E-state index in [0.29, 0.717) is 40.4 Å².